The fourth-order valence-corrected chi connectivity index (χ4v) is 2.92. The van der Waals surface area contributed by atoms with Gasteiger partial charge in [-0.15, -0.1) is 0 Å². The van der Waals surface area contributed by atoms with Gasteiger partial charge in [0.1, 0.15) is 11.6 Å². The normalized spacial score (nSPS) is 11.0. The Morgan fingerprint density at radius 1 is 1.17 bits per heavy atom. The van der Waals surface area contributed by atoms with Crippen LogP contribution < -0.4 is 5.32 Å². The van der Waals surface area contributed by atoms with Gasteiger partial charge in [0.15, 0.2) is 0 Å². The van der Waals surface area contributed by atoms with Crippen molar-refractivity contribution >= 4 is 35.2 Å². The molecule has 1 heterocycles. The van der Waals surface area contributed by atoms with Crippen LogP contribution in [0, 0.1) is 18.3 Å². The largest absolute Gasteiger partial charge is 0.478 e. The summed E-state index contributed by atoms with van der Waals surface area (Å²) in [5.74, 6) is -1.60. The lowest BCUT2D eigenvalue weighted by atomic mass is 10.1. The highest BCUT2D eigenvalue weighted by atomic mass is 35.5. The van der Waals surface area contributed by atoms with Crippen molar-refractivity contribution in [2.24, 2.45) is 0 Å². The molecule has 144 valence electrons. The van der Waals surface area contributed by atoms with Gasteiger partial charge in [-0.3, -0.25) is 4.79 Å². The number of amides is 1. The number of halogens is 1. The molecular formula is C22H16ClN3O3. The van der Waals surface area contributed by atoms with E-state index in [1.807, 2.05) is 13.0 Å². The summed E-state index contributed by atoms with van der Waals surface area (Å²) in [5.41, 5.74) is 2.54. The van der Waals surface area contributed by atoms with Gasteiger partial charge in [-0.1, -0.05) is 23.7 Å². The molecule has 0 unspecified atom stereocenters. The minimum atomic E-state index is -1.04. The molecule has 0 atom stereocenters. The highest BCUT2D eigenvalue weighted by molar-refractivity contribution is 6.31. The van der Waals surface area contributed by atoms with Gasteiger partial charge < -0.3 is 15.0 Å². The number of rotatable bonds is 5. The second kappa shape index (κ2) is 8.46. The molecule has 0 spiro atoms. The minimum Gasteiger partial charge on any atom is -0.478 e. The number of nitrogens with zero attached hydrogens (tertiary/aromatic N) is 2. The van der Waals surface area contributed by atoms with Gasteiger partial charge in [0, 0.05) is 28.3 Å². The molecule has 0 aliphatic heterocycles. The molecule has 0 aliphatic rings. The topological polar surface area (TPSA) is 95.1 Å². The van der Waals surface area contributed by atoms with Crippen LogP contribution in [0.25, 0.3) is 11.8 Å². The second-order valence-electron chi connectivity index (χ2n) is 6.24. The molecular weight excluding hydrogens is 390 g/mol. The van der Waals surface area contributed by atoms with Gasteiger partial charge in [-0.25, -0.2) is 4.79 Å². The van der Waals surface area contributed by atoms with E-state index in [0.29, 0.717) is 22.1 Å². The Bertz CT molecular complexity index is 1170. The first-order valence-corrected chi connectivity index (χ1v) is 8.97. The number of carbonyl (C=O) groups is 2. The molecule has 0 saturated heterocycles. The van der Waals surface area contributed by atoms with Crippen LogP contribution in [-0.4, -0.2) is 21.6 Å². The van der Waals surface area contributed by atoms with Crippen LogP contribution in [-0.2, 0) is 4.79 Å². The van der Waals surface area contributed by atoms with Crippen LogP contribution in [0.1, 0.15) is 21.6 Å². The van der Waals surface area contributed by atoms with Crippen molar-refractivity contribution in [3.05, 3.63) is 88.2 Å². The van der Waals surface area contributed by atoms with Crippen LogP contribution in [0.3, 0.4) is 0 Å². The number of benzene rings is 2. The molecule has 0 saturated carbocycles. The van der Waals surface area contributed by atoms with Crippen molar-refractivity contribution < 1.29 is 14.7 Å². The quantitative estimate of drug-likeness (QED) is 0.475. The van der Waals surface area contributed by atoms with Gasteiger partial charge in [0.05, 0.1) is 5.56 Å². The van der Waals surface area contributed by atoms with Crippen molar-refractivity contribution in [1.82, 2.24) is 4.57 Å². The molecule has 29 heavy (non-hydrogen) atoms. The first-order chi connectivity index (χ1) is 13.9. The number of nitriles is 1. The van der Waals surface area contributed by atoms with Crippen LogP contribution in [0.4, 0.5) is 5.69 Å². The summed E-state index contributed by atoms with van der Waals surface area (Å²) in [6, 6.07) is 16.9. The highest BCUT2D eigenvalue weighted by Gasteiger charge is 2.13. The van der Waals surface area contributed by atoms with E-state index in [1.54, 1.807) is 53.2 Å². The molecule has 2 aromatic carbocycles. The third-order valence-corrected chi connectivity index (χ3v) is 4.49. The number of carbonyl (C=O) groups excluding carboxylic acids is 1. The maximum absolute atomic E-state index is 12.6. The second-order valence-corrected chi connectivity index (χ2v) is 6.68. The van der Waals surface area contributed by atoms with Crippen LogP contribution in [0.2, 0.25) is 5.02 Å². The monoisotopic (exact) mass is 405 g/mol. The van der Waals surface area contributed by atoms with Crippen LogP contribution >= 0.6 is 11.6 Å². The maximum Gasteiger partial charge on any atom is 0.335 e. The number of aromatic nitrogens is 1. The van der Waals surface area contributed by atoms with E-state index in [4.69, 9.17) is 11.6 Å². The van der Waals surface area contributed by atoms with Crippen LogP contribution in [0.15, 0.2) is 66.4 Å². The Morgan fingerprint density at radius 3 is 2.69 bits per heavy atom. The number of hydrogen-bond acceptors (Lipinski definition) is 3. The number of aryl methyl sites for hydroxylation is 1. The Labute approximate surface area is 172 Å². The van der Waals surface area contributed by atoms with Crippen molar-refractivity contribution in [2.75, 3.05) is 5.32 Å². The van der Waals surface area contributed by atoms with E-state index in [2.05, 4.69) is 5.32 Å². The lowest BCUT2D eigenvalue weighted by molar-refractivity contribution is -0.112. The maximum atomic E-state index is 12.6. The lowest BCUT2D eigenvalue weighted by Gasteiger charge is -2.10. The van der Waals surface area contributed by atoms with Gasteiger partial charge in [0.2, 0.25) is 0 Å². The smallest absolute Gasteiger partial charge is 0.335 e. The number of hydrogen-bond donors (Lipinski definition) is 2. The molecule has 3 rings (SSSR count). The van der Waals surface area contributed by atoms with E-state index in [9.17, 15) is 20.0 Å². The number of aromatic carboxylic acids is 1. The average molecular weight is 406 g/mol. The molecule has 6 nitrogen and oxygen atoms in total. The zero-order valence-corrected chi connectivity index (χ0v) is 16.1. The molecule has 7 heteroatoms. The van der Waals surface area contributed by atoms with Gasteiger partial charge in [0.25, 0.3) is 5.91 Å². The van der Waals surface area contributed by atoms with E-state index >= 15 is 0 Å². The van der Waals surface area contributed by atoms with E-state index in [-0.39, 0.29) is 11.1 Å². The predicted molar refractivity (Wildman–Crippen MR) is 111 cm³/mol. The van der Waals surface area contributed by atoms with Crippen LogP contribution in [0.5, 0.6) is 0 Å². The third-order valence-electron chi connectivity index (χ3n) is 4.26. The summed E-state index contributed by atoms with van der Waals surface area (Å²) in [4.78, 5) is 23.8. The van der Waals surface area contributed by atoms with Gasteiger partial charge in [-0.2, -0.15) is 5.26 Å². The fraction of sp³-hybridized carbons (Fsp3) is 0.0455. The zero-order chi connectivity index (χ0) is 21.0. The van der Waals surface area contributed by atoms with E-state index in [0.717, 1.165) is 5.56 Å². The predicted octanol–water partition coefficient (Wildman–Crippen LogP) is 4.68. The molecule has 0 radical (unpaired) electrons. The standard InChI is InChI=1S/C22H16ClN3O3/c1-14-7-8-17(23)12-20(14)25-21(27)16(13-24)11-19-6-3-9-26(19)18-5-2-4-15(10-18)22(28)29/h2-12H,1H3,(H,25,27)(H,28,29). The zero-order valence-electron chi connectivity index (χ0n) is 15.4. The highest BCUT2D eigenvalue weighted by Crippen LogP contribution is 2.22. The average Bonchev–Trinajstić information content (AvgIpc) is 3.17. The van der Waals surface area contributed by atoms with Crippen molar-refractivity contribution in [3.63, 3.8) is 0 Å². The summed E-state index contributed by atoms with van der Waals surface area (Å²) in [5, 5.41) is 21.8. The molecule has 0 bridgehead atoms. The first kappa shape index (κ1) is 19.9. The molecule has 2 N–H and O–H groups in total. The Morgan fingerprint density at radius 2 is 1.97 bits per heavy atom. The summed E-state index contributed by atoms with van der Waals surface area (Å²) in [6.45, 7) is 1.82. The van der Waals surface area contributed by atoms with Gasteiger partial charge >= 0.3 is 5.97 Å². The molecule has 0 fully saturated rings. The summed E-state index contributed by atoms with van der Waals surface area (Å²) >= 11 is 5.98. The molecule has 3 aromatic rings. The van der Waals surface area contributed by atoms with E-state index in [1.165, 1.54) is 18.2 Å². The Kier molecular flexibility index (Phi) is 5.82. The number of carboxylic acid groups (broad SMARTS) is 1. The van der Waals surface area contributed by atoms with Crippen molar-refractivity contribution in [1.29, 1.82) is 5.26 Å². The Balaban J connectivity index is 1.93. The molecule has 0 aliphatic carbocycles. The number of nitrogens with one attached hydrogen (secondary N) is 1. The van der Waals surface area contributed by atoms with Crippen molar-refractivity contribution in [3.8, 4) is 11.8 Å². The summed E-state index contributed by atoms with van der Waals surface area (Å²) in [6.07, 6.45) is 3.17. The number of carboxylic acids is 1. The first-order valence-electron chi connectivity index (χ1n) is 8.59. The van der Waals surface area contributed by atoms with Crippen molar-refractivity contribution in [2.45, 2.75) is 6.92 Å². The summed E-state index contributed by atoms with van der Waals surface area (Å²) < 4.78 is 1.70. The Hall–Kier alpha value is -3.82. The molecule has 1 aromatic heterocycles. The lowest BCUT2D eigenvalue weighted by Crippen LogP contribution is -2.14. The van der Waals surface area contributed by atoms with Gasteiger partial charge in [-0.05, 0) is 61.0 Å². The molecule has 1 amide bonds. The fourth-order valence-electron chi connectivity index (χ4n) is 2.75. The minimum absolute atomic E-state index is 0.0984. The summed E-state index contributed by atoms with van der Waals surface area (Å²) in [7, 11) is 0. The SMILES string of the molecule is Cc1ccc(Cl)cc1NC(=O)C(C#N)=Cc1cccn1-c1cccc(C(=O)O)c1. The van der Waals surface area contributed by atoms with E-state index < -0.39 is 11.9 Å². The number of anilines is 1. The third kappa shape index (κ3) is 4.54.